The molecule has 1 fully saturated rings. The first-order valence-electron chi connectivity index (χ1n) is 6.24. The summed E-state index contributed by atoms with van der Waals surface area (Å²) in [4.78, 5) is 0.355. The van der Waals surface area contributed by atoms with E-state index < -0.39 is 19.9 Å². The van der Waals surface area contributed by atoms with Gasteiger partial charge in [0.25, 0.3) is 0 Å². The van der Waals surface area contributed by atoms with Gasteiger partial charge >= 0.3 is 0 Å². The van der Waals surface area contributed by atoms with Crippen LogP contribution in [-0.2, 0) is 19.9 Å². The van der Waals surface area contributed by atoms with Crippen LogP contribution in [0.1, 0.15) is 11.1 Å². The molecule has 0 amide bonds. The van der Waals surface area contributed by atoms with Gasteiger partial charge in [0.15, 0.2) is 9.84 Å². The van der Waals surface area contributed by atoms with Crippen LogP contribution in [0.5, 0.6) is 0 Å². The predicted octanol–water partition coefficient (Wildman–Crippen LogP) is 0.0483. The number of nitrogens with two attached hydrogens (primary N) is 1. The summed E-state index contributed by atoms with van der Waals surface area (Å²) in [7, 11) is -6.83. The molecular weight excluding hydrogens is 332 g/mol. The van der Waals surface area contributed by atoms with Crippen LogP contribution in [0, 0.1) is 6.92 Å². The van der Waals surface area contributed by atoms with Gasteiger partial charge in [-0.3, -0.25) is 0 Å². The number of sulfone groups is 1. The van der Waals surface area contributed by atoms with E-state index in [1.807, 2.05) is 0 Å². The fraction of sp³-hybridized carbons (Fsp3) is 0.417. The molecule has 1 aliphatic rings. The summed E-state index contributed by atoms with van der Waals surface area (Å²) in [5.41, 5.74) is 6.65. The molecule has 0 bridgehead atoms. The highest BCUT2D eigenvalue weighted by Crippen LogP contribution is 2.22. The number of nitrogens with zero attached hydrogens (tertiary/aromatic N) is 1. The second-order valence-corrected chi connectivity index (χ2v) is 9.55. The standard InChI is InChI=1S/C12H16N2O4S3/c1-9-8-10(12(13)19)2-3-11(9)21(17,18)14-4-6-20(15,16)7-5-14/h2-3,8H,4-7H2,1H3,(H2,13,19). The molecule has 0 spiro atoms. The summed E-state index contributed by atoms with van der Waals surface area (Å²) in [5.74, 6) is -0.285. The zero-order chi connectivity index (χ0) is 15.8. The number of thiocarbonyl (C=S) groups is 1. The molecule has 0 aromatic heterocycles. The van der Waals surface area contributed by atoms with Crippen molar-refractivity contribution in [3.63, 3.8) is 0 Å². The van der Waals surface area contributed by atoms with E-state index in [-0.39, 0.29) is 34.5 Å². The Kier molecular flexibility index (Phi) is 4.39. The van der Waals surface area contributed by atoms with E-state index in [2.05, 4.69) is 0 Å². The van der Waals surface area contributed by atoms with Crippen molar-refractivity contribution in [3.05, 3.63) is 29.3 Å². The minimum atomic E-state index is -3.70. The third-order valence-electron chi connectivity index (χ3n) is 3.38. The highest BCUT2D eigenvalue weighted by Gasteiger charge is 2.32. The number of hydrogen-bond donors (Lipinski definition) is 1. The maximum atomic E-state index is 12.6. The first kappa shape index (κ1) is 16.3. The zero-order valence-electron chi connectivity index (χ0n) is 11.4. The van der Waals surface area contributed by atoms with Crippen LogP contribution in [0.4, 0.5) is 0 Å². The monoisotopic (exact) mass is 348 g/mol. The molecule has 6 nitrogen and oxygen atoms in total. The molecule has 0 aliphatic carbocycles. The van der Waals surface area contributed by atoms with Gasteiger partial charge in [0, 0.05) is 18.7 Å². The molecule has 2 rings (SSSR count). The molecule has 1 saturated heterocycles. The van der Waals surface area contributed by atoms with Gasteiger partial charge in [0.1, 0.15) is 4.99 Å². The first-order valence-corrected chi connectivity index (χ1v) is 9.91. The quantitative estimate of drug-likeness (QED) is 0.775. The molecule has 116 valence electrons. The summed E-state index contributed by atoms with van der Waals surface area (Å²) < 4.78 is 49.1. The molecule has 1 aromatic carbocycles. The highest BCUT2D eigenvalue weighted by molar-refractivity contribution is 7.92. The molecule has 0 radical (unpaired) electrons. The van der Waals surface area contributed by atoms with Crippen LogP contribution >= 0.6 is 12.2 Å². The van der Waals surface area contributed by atoms with E-state index in [0.717, 1.165) is 0 Å². The molecule has 0 atom stereocenters. The topological polar surface area (TPSA) is 97.5 Å². The molecule has 21 heavy (non-hydrogen) atoms. The van der Waals surface area contributed by atoms with E-state index >= 15 is 0 Å². The number of sulfonamides is 1. The first-order chi connectivity index (χ1) is 9.63. The SMILES string of the molecule is Cc1cc(C(N)=S)ccc1S(=O)(=O)N1CCS(=O)(=O)CC1. The van der Waals surface area contributed by atoms with Gasteiger partial charge in [0.05, 0.1) is 16.4 Å². The van der Waals surface area contributed by atoms with Crippen LogP contribution in [0.15, 0.2) is 23.1 Å². The van der Waals surface area contributed by atoms with Crippen molar-refractivity contribution in [2.75, 3.05) is 24.6 Å². The second-order valence-electron chi connectivity index (χ2n) is 4.90. The Labute approximate surface area is 129 Å². The van der Waals surface area contributed by atoms with Gasteiger partial charge in [-0.2, -0.15) is 4.31 Å². The van der Waals surface area contributed by atoms with E-state index in [1.165, 1.54) is 10.4 Å². The molecule has 2 N–H and O–H groups in total. The van der Waals surface area contributed by atoms with Gasteiger partial charge in [-0.15, -0.1) is 0 Å². The van der Waals surface area contributed by atoms with Gasteiger partial charge < -0.3 is 5.73 Å². The molecular formula is C12H16N2O4S3. The van der Waals surface area contributed by atoms with Crippen LogP contribution in [-0.4, -0.2) is 50.7 Å². The Morgan fingerprint density at radius 1 is 1.29 bits per heavy atom. The summed E-state index contributed by atoms with van der Waals surface area (Å²) in [6, 6.07) is 4.64. The van der Waals surface area contributed by atoms with Crippen molar-refractivity contribution in [1.82, 2.24) is 4.31 Å². The van der Waals surface area contributed by atoms with Crippen LogP contribution in [0.3, 0.4) is 0 Å². The Balaban J connectivity index is 2.34. The van der Waals surface area contributed by atoms with Crippen molar-refractivity contribution in [1.29, 1.82) is 0 Å². The number of rotatable bonds is 3. The van der Waals surface area contributed by atoms with Crippen molar-refractivity contribution in [3.8, 4) is 0 Å². The Bertz CT molecular complexity index is 771. The highest BCUT2D eigenvalue weighted by atomic mass is 32.2. The molecule has 0 unspecified atom stereocenters. The Morgan fingerprint density at radius 2 is 1.86 bits per heavy atom. The Hall–Kier alpha value is -1.03. The molecule has 9 heteroatoms. The smallest absolute Gasteiger partial charge is 0.243 e. The fourth-order valence-electron chi connectivity index (χ4n) is 2.17. The lowest BCUT2D eigenvalue weighted by Gasteiger charge is -2.26. The predicted molar refractivity (Wildman–Crippen MR) is 84.5 cm³/mol. The maximum absolute atomic E-state index is 12.6. The third kappa shape index (κ3) is 3.42. The normalized spacial score (nSPS) is 19.3. The van der Waals surface area contributed by atoms with Gasteiger partial charge in [0.2, 0.25) is 10.0 Å². The van der Waals surface area contributed by atoms with Gasteiger partial charge in [-0.25, -0.2) is 16.8 Å². The average molecular weight is 348 g/mol. The number of benzene rings is 1. The van der Waals surface area contributed by atoms with Crippen molar-refractivity contribution >= 4 is 37.1 Å². The third-order valence-corrected chi connectivity index (χ3v) is 7.28. The lowest BCUT2D eigenvalue weighted by Crippen LogP contribution is -2.43. The van der Waals surface area contributed by atoms with E-state index in [4.69, 9.17) is 18.0 Å². The Morgan fingerprint density at radius 3 is 2.33 bits per heavy atom. The summed E-state index contributed by atoms with van der Waals surface area (Å²) in [5, 5.41) is 0. The van der Waals surface area contributed by atoms with Crippen molar-refractivity contribution in [2.45, 2.75) is 11.8 Å². The largest absolute Gasteiger partial charge is 0.389 e. The average Bonchev–Trinajstić information content (AvgIpc) is 2.37. The maximum Gasteiger partial charge on any atom is 0.243 e. The number of hydrogen-bond acceptors (Lipinski definition) is 5. The van der Waals surface area contributed by atoms with E-state index in [1.54, 1.807) is 19.1 Å². The molecule has 0 saturated carbocycles. The summed E-state index contributed by atoms with van der Waals surface area (Å²) in [6.07, 6.45) is 0. The molecule has 1 aromatic rings. The fourth-order valence-corrected chi connectivity index (χ4v) is 5.37. The summed E-state index contributed by atoms with van der Waals surface area (Å²) >= 11 is 4.86. The van der Waals surface area contributed by atoms with Crippen molar-refractivity contribution in [2.24, 2.45) is 5.73 Å². The van der Waals surface area contributed by atoms with Gasteiger partial charge in [-0.05, 0) is 24.6 Å². The lowest BCUT2D eigenvalue weighted by molar-refractivity contribution is 0.430. The van der Waals surface area contributed by atoms with Crippen LogP contribution < -0.4 is 5.73 Å². The van der Waals surface area contributed by atoms with Crippen LogP contribution in [0.2, 0.25) is 0 Å². The lowest BCUT2D eigenvalue weighted by atomic mass is 10.1. The summed E-state index contributed by atoms with van der Waals surface area (Å²) in [6.45, 7) is 1.64. The van der Waals surface area contributed by atoms with Gasteiger partial charge in [-0.1, -0.05) is 18.3 Å². The van der Waals surface area contributed by atoms with E-state index in [0.29, 0.717) is 11.1 Å². The molecule has 1 heterocycles. The number of aryl methyl sites for hydroxylation is 1. The minimum absolute atomic E-state index is 0.0127. The van der Waals surface area contributed by atoms with E-state index in [9.17, 15) is 16.8 Å². The molecule has 1 aliphatic heterocycles. The zero-order valence-corrected chi connectivity index (χ0v) is 13.9. The van der Waals surface area contributed by atoms with Crippen LogP contribution in [0.25, 0.3) is 0 Å². The second kappa shape index (κ2) is 5.64. The van der Waals surface area contributed by atoms with Crippen molar-refractivity contribution < 1.29 is 16.8 Å². The minimum Gasteiger partial charge on any atom is -0.389 e.